The summed E-state index contributed by atoms with van der Waals surface area (Å²) in [5.74, 6) is 0.591. The third-order valence-electron chi connectivity index (χ3n) is 4.63. The predicted molar refractivity (Wildman–Crippen MR) is 88.4 cm³/mol. The molecule has 2 rings (SSSR count). The molecule has 2 fully saturated rings. The molecule has 4 nitrogen and oxygen atoms in total. The summed E-state index contributed by atoms with van der Waals surface area (Å²) in [4.78, 5) is 14.6. The Hall–Kier alpha value is -0.100. The van der Waals surface area contributed by atoms with Crippen molar-refractivity contribution in [3.8, 4) is 0 Å². The minimum absolute atomic E-state index is 0.0745. The maximum Gasteiger partial charge on any atom is 0.223 e. The highest BCUT2D eigenvalue weighted by Gasteiger charge is 2.38. The third kappa shape index (κ3) is 4.95. The molecule has 0 radical (unpaired) electrons. The van der Waals surface area contributed by atoms with Crippen LogP contribution in [0.2, 0.25) is 0 Å². The van der Waals surface area contributed by atoms with Gasteiger partial charge in [0.05, 0.1) is 11.5 Å². The fourth-order valence-corrected chi connectivity index (χ4v) is 5.67. The molecule has 6 heteroatoms. The number of unbranched alkanes of at least 4 members (excludes halogenated alkanes) is 1. The summed E-state index contributed by atoms with van der Waals surface area (Å²) in [7, 11) is -2.94. The molecule has 1 saturated carbocycles. The van der Waals surface area contributed by atoms with Gasteiger partial charge in [-0.3, -0.25) is 4.79 Å². The number of amides is 1. The van der Waals surface area contributed by atoms with Crippen LogP contribution in [0, 0.1) is 0 Å². The molecule has 0 spiro atoms. The number of alkyl halides is 1. The summed E-state index contributed by atoms with van der Waals surface area (Å²) in [6.07, 6.45) is 8.71. The second-order valence-corrected chi connectivity index (χ2v) is 9.32. The molecule has 1 aliphatic carbocycles. The molecule has 0 aromatic carbocycles. The number of hydrogen-bond donors (Lipinski definition) is 0. The van der Waals surface area contributed by atoms with Gasteiger partial charge in [-0.05, 0) is 32.1 Å². The van der Waals surface area contributed by atoms with Crippen LogP contribution in [0.5, 0.6) is 0 Å². The number of nitrogens with zero attached hydrogens (tertiary/aromatic N) is 1. The SMILES string of the molecule is O=C(CCCCBr)N(C1CCCCC1)C1CCS(=O)(=O)C1. The number of rotatable bonds is 6. The van der Waals surface area contributed by atoms with E-state index in [2.05, 4.69) is 15.9 Å². The quantitative estimate of drug-likeness (QED) is 0.526. The lowest BCUT2D eigenvalue weighted by Crippen LogP contribution is -2.48. The molecule has 0 aromatic heterocycles. The van der Waals surface area contributed by atoms with E-state index >= 15 is 0 Å². The number of sulfone groups is 1. The molecule has 21 heavy (non-hydrogen) atoms. The highest BCUT2D eigenvalue weighted by Crippen LogP contribution is 2.29. The molecular formula is C15H26BrNO3S. The van der Waals surface area contributed by atoms with Gasteiger partial charge in [0.2, 0.25) is 5.91 Å². The van der Waals surface area contributed by atoms with Crippen molar-refractivity contribution in [2.24, 2.45) is 0 Å². The molecule has 1 unspecified atom stereocenters. The van der Waals surface area contributed by atoms with Gasteiger partial charge in [-0.2, -0.15) is 0 Å². The number of halogens is 1. The zero-order valence-corrected chi connectivity index (χ0v) is 15.0. The number of carbonyl (C=O) groups is 1. The molecule has 1 amide bonds. The topological polar surface area (TPSA) is 54.5 Å². The van der Waals surface area contributed by atoms with E-state index in [-0.39, 0.29) is 29.5 Å². The van der Waals surface area contributed by atoms with Crippen LogP contribution in [-0.2, 0) is 14.6 Å². The van der Waals surface area contributed by atoms with E-state index in [4.69, 9.17) is 0 Å². The minimum atomic E-state index is -2.94. The molecule has 1 aliphatic heterocycles. The first-order chi connectivity index (χ1) is 10.0. The van der Waals surface area contributed by atoms with Crippen LogP contribution in [0.4, 0.5) is 0 Å². The van der Waals surface area contributed by atoms with E-state index in [0.717, 1.165) is 43.9 Å². The second-order valence-electron chi connectivity index (χ2n) is 6.30. The normalized spacial score (nSPS) is 25.9. The van der Waals surface area contributed by atoms with E-state index < -0.39 is 9.84 Å². The summed E-state index contributed by atoms with van der Waals surface area (Å²) in [5, 5.41) is 0.918. The van der Waals surface area contributed by atoms with E-state index in [1.54, 1.807) is 0 Å². The Morgan fingerprint density at radius 3 is 2.33 bits per heavy atom. The van der Waals surface area contributed by atoms with Crippen molar-refractivity contribution < 1.29 is 13.2 Å². The van der Waals surface area contributed by atoms with Crippen LogP contribution in [-0.4, -0.2) is 48.1 Å². The molecule has 1 saturated heterocycles. The fourth-order valence-electron chi connectivity index (χ4n) is 3.56. The van der Waals surface area contributed by atoms with E-state index in [9.17, 15) is 13.2 Å². The summed E-state index contributed by atoms with van der Waals surface area (Å²) in [6.45, 7) is 0. The summed E-state index contributed by atoms with van der Waals surface area (Å²) < 4.78 is 23.5. The van der Waals surface area contributed by atoms with Gasteiger partial charge in [-0.1, -0.05) is 35.2 Å². The van der Waals surface area contributed by atoms with Crippen LogP contribution in [0.3, 0.4) is 0 Å². The predicted octanol–water partition coefficient (Wildman–Crippen LogP) is 2.90. The zero-order valence-electron chi connectivity index (χ0n) is 12.6. The van der Waals surface area contributed by atoms with Crippen molar-refractivity contribution in [1.29, 1.82) is 0 Å². The standard InChI is InChI=1S/C15H26BrNO3S/c16-10-5-4-8-15(18)17(13-6-2-1-3-7-13)14-9-11-21(19,20)12-14/h13-14H,1-12H2. The van der Waals surface area contributed by atoms with Gasteiger partial charge in [0.15, 0.2) is 9.84 Å². The highest BCUT2D eigenvalue weighted by molar-refractivity contribution is 9.09. The minimum Gasteiger partial charge on any atom is -0.336 e. The van der Waals surface area contributed by atoms with Crippen LogP contribution in [0.15, 0.2) is 0 Å². The Morgan fingerprint density at radius 2 is 1.76 bits per heavy atom. The maximum absolute atomic E-state index is 12.6. The lowest BCUT2D eigenvalue weighted by molar-refractivity contribution is -0.136. The van der Waals surface area contributed by atoms with E-state index in [1.807, 2.05) is 4.90 Å². The second kappa shape index (κ2) is 7.95. The van der Waals surface area contributed by atoms with Crippen molar-refractivity contribution in [3.63, 3.8) is 0 Å². The largest absolute Gasteiger partial charge is 0.336 e. The van der Waals surface area contributed by atoms with Gasteiger partial charge < -0.3 is 4.90 Å². The lowest BCUT2D eigenvalue weighted by Gasteiger charge is -2.38. The Balaban J connectivity index is 2.04. The molecule has 0 N–H and O–H groups in total. The number of hydrogen-bond acceptors (Lipinski definition) is 3. The molecule has 1 heterocycles. The molecular weight excluding hydrogens is 354 g/mol. The third-order valence-corrected chi connectivity index (χ3v) is 6.94. The van der Waals surface area contributed by atoms with Crippen molar-refractivity contribution in [3.05, 3.63) is 0 Å². The highest BCUT2D eigenvalue weighted by atomic mass is 79.9. The van der Waals surface area contributed by atoms with Crippen LogP contribution >= 0.6 is 15.9 Å². The van der Waals surface area contributed by atoms with Gasteiger partial charge >= 0.3 is 0 Å². The van der Waals surface area contributed by atoms with Crippen LogP contribution < -0.4 is 0 Å². The average Bonchev–Trinajstić information content (AvgIpc) is 2.80. The van der Waals surface area contributed by atoms with Crippen molar-refractivity contribution in [2.45, 2.75) is 69.9 Å². The van der Waals surface area contributed by atoms with Crippen LogP contribution in [0.1, 0.15) is 57.8 Å². The fraction of sp³-hybridized carbons (Fsp3) is 0.933. The van der Waals surface area contributed by atoms with Gasteiger partial charge in [0, 0.05) is 23.8 Å². The molecule has 0 aromatic rings. The first kappa shape index (κ1) is 17.3. The zero-order chi connectivity index (χ0) is 15.3. The molecule has 2 aliphatic rings. The Bertz CT molecular complexity index is 446. The summed E-state index contributed by atoms with van der Waals surface area (Å²) in [6, 6.07) is 0.197. The van der Waals surface area contributed by atoms with Crippen molar-refractivity contribution >= 4 is 31.7 Å². The van der Waals surface area contributed by atoms with Gasteiger partial charge in [-0.15, -0.1) is 0 Å². The Kier molecular flexibility index (Phi) is 6.53. The Labute approximate surface area is 136 Å². The van der Waals surface area contributed by atoms with E-state index in [0.29, 0.717) is 12.8 Å². The Morgan fingerprint density at radius 1 is 1.05 bits per heavy atom. The lowest BCUT2D eigenvalue weighted by atomic mass is 9.92. The summed E-state index contributed by atoms with van der Waals surface area (Å²) in [5.41, 5.74) is 0. The van der Waals surface area contributed by atoms with Crippen molar-refractivity contribution in [1.82, 2.24) is 4.90 Å². The molecule has 122 valence electrons. The molecule has 0 bridgehead atoms. The first-order valence-corrected chi connectivity index (χ1v) is 11.1. The maximum atomic E-state index is 12.6. The van der Waals surface area contributed by atoms with E-state index in [1.165, 1.54) is 6.42 Å². The monoisotopic (exact) mass is 379 g/mol. The first-order valence-electron chi connectivity index (χ1n) is 8.11. The van der Waals surface area contributed by atoms with Crippen molar-refractivity contribution in [2.75, 3.05) is 16.8 Å². The van der Waals surface area contributed by atoms with Gasteiger partial charge in [0.25, 0.3) is 0 Å². The average molecular weight is 380 g/mol. The molecule has 1 atom stereocenters. The number of carbonyl (C=O) groups excluding carboxylic acids is 1. The van der Waals surface area contributed by atoms with Crippen LogP contribution in [0.25, 0.3) is 0 Å². The smallest absolute Gasteiger partial charge is 0.223 e. The van der Waals surface area contributed by atoms with Gasteiger partial charge in [0.1, 0.15) is 0 Å². The van der Waals surface area contributed by atoms with Gasteiger partial charge in [-0.25, -0.2) is 8.42 Å². The summed E-state index contributed by atoms with van der Waals surface area (Å²) >= 11 is 3.39.